The second kappa shape index (κ2) is 6.30. The van der Waals surface area contributed by atoms with Gasteiger partial charge in [0.1, 0.15) is 0 Å². The largest absolute Gasteiger partial charge is 0.481 e. The number of aromatic nitrogens is 2. The van der Waals surface area contributed by atoms with Crippen LogP contribution < -0.4 is 5.56 Å². The molecule has 1 rings (SSSR count). The lowest BCUT2D eigenvalue weighted by Crippen LogP contribution is -2.30. The first-order chi connectivity index (χ1) is 8.45. The van der Waals surface area contributed by atoms with E-state index in [1.807, 2.05) is 13.8 Å². The third-order valence-electron chi connectivity index (χ3n) is 2.51. The standard InChI is InChI=1S/C12H18N2O4/c1-8(2)10-6-9(7-11(15)16)12(17)14(13-10)4-5-18-3/h6,8H,4-5,7H2,1-3H3,(H,15,16). The van der Waals surface area contributed by atoms with Gasteiger partial charge in [0.15, 0.2) is 0 Å². The summed E-state index contributed by atoms with van der Waals surface area (Å²) >= 11 is 0. The lowest BCUT2D eigenvalue weighted by molar-refractivity contribution is -0.136. The molecule has 1 N–H and O–H groups in total. The number of nitrogens with zero attached hydrogens (tertiary/aromatic N) is 2. The van der Waals surface area contributed by atoms with Gasteiger partial charge in [-0.15, -0.1) is 0 Å². The van der Waals surface area contributed by atoms with E-state index in [-0.39, 0.29) is 23.5 Å². The van der Waals surface area contributed by atoms with Gasteiger partial charge >= 0.3 is 5.97 Å². The summed E-state index contributed by atoms with van der Waals surface area (Å²) in [5.41, 5.74) is 0.609. The Morgan fingerprint density at radius 3 is 2.72 bits per heavy atom. The number of rotatable bonds is 6. The van der Waals surface area contributed by atoms with Crippen LogP contribution in [-0.2, 0) is 22.5 Å². The number of hydrogen-bond acceptors (Lipinski definition) is 4. The van der Waals surface area contributed by atoms with E-state index < -0.39 is 5.97 Å². The van der Waals surface area contributed by atoms with Crippen molar-refractivity contribution in [3.63, 3.8) is 0 Å². The molecule has 0 atom stereocenters. The summed E-state index contributed by atoms with van der Waals surface area (Å²) in [5, 5.41) is 13.0. The van der Waals surface area contributed by atoms with E-state index in [2.05, 4.69) is 5.10 Å². The molecule has 1 heterocycles. The summed E-state index contributed by atoms with van der Waals surface area (Å²) in [4.78, 5) is 22.7. The molecule has 0 saturated carbocycles. The molecule has 0 aliphatic rings. The number of methoxy groups -OCH3 is 1. The van der Waals surface area contributed by atoms with E-state index in [4.69, 9.17) is 9.84 Å². The van der Waals surface area contributed by atoms with Crippen LogP contribution in [0.1, 0.15) is 31.0 Å². The summed E-state index contributed by atoms with van der Waals surface area (Å²) in [5.74, 6) is -0.891. The highest BCUT2D eigenvalue weighted by Crippen LogP contribution is 2.11. The molecule has 6 nitrogen and oxygen atoms in total. The molecule has 0 amide bonds. The zero-order chi connectivity index (χ0) is 13.7. The van der Waals surface area contributed by atoms with Crippen LogP contribution in [0, 0.1) is 0 Å². The molecule has 0 spiro atoms. The van der Waals surface area contributed by atoms with Crippen molar-refractivity contribution in [1.29, 1.82) is 0 Å². The first kappa shape index (κ1) is 14.4. The summed E-state index contributed by atoms with van der Waals surface area (Å²) < 4.78 is 6.18. The van der Waals surface area contributed by atoms with Crippen LogP contribution in [0.4, 0.5) is 0 Å². The highest BCUT2D eigenvalue weighted by atomic mass is 16.5. The van der Waals surface area contributed by atoms with E-state index >= 15 is 0 Å². The Hall–Kier alpha value is -1.69. The number of aliphatic carboxylic acids is 1. The van der Waals surface area contributed by atoms with Gasteiger partial charge in [-0.05, 0) is 12.0 Å². The average molecular weight is 254 g/mol. The fraction of sp³-hybridized carbons (Fsp3) is 0.583. The van der Waals surface area contributed by atoms with Crippen LogP contribution in [0.15, 0.2) is 10.9 Å². The summed E-state index contributed by atoms with van der Waals surface area (Å²) in [6.45, 7) is 4.57. The van der Waals surface area contributed by atoms with Crippen molar-refractivity contribution in [2.45, 2.75) is 32.7 Å². The van der Waals surface area contributed by atoms with Crippen LogP contribution in [0.25, 0.3) is 0 Å². The number of carboxylic acid groups (broad SMARTS) is 1. The molecule has 0 saturated heterocycles. The van der Waals surface area contributed by atoms with E-state index in [9.17, 15) is 9.59 Å². The maximum Gasteiger partial charge on any atom is 0.308 e. The molecular weight excluding hydrogens is 236 g/mol. The Morgan fingerprint density at radius 1 is 1.56 bits per heavy atom. The normalized spacial score (nSPS) is 10.9. The van der Waals surface area contributed by atoms with Crippen molar-refractivity contribution < 1.29 is 14.6 Å². The van der Waals surface area contributed by atoms with Gasteiger partial charge < -0.3 is 9.84 Å². The SMILES string of the molecule is COCCn1nc(C(C)C)cc(CC(=O)O)c1=O. The van der Waals surface area contributed by atoms with Crippen molar-refractivity contribution in [2.24, 2.45) is 0 Å². The zero-order valence-corrected chi connectivity index (χ0v) is 10.8. The summed E-state index contributed by atoms with van der Waals surface area (Å²) in [7, 11) is 1.54. The number of ether oxygens (including phenoxy) is 1. The number of carboxylic acids is 1. The lowest BCUT2D eigenvalue weighted by atomic mass is 10.1. The molecule has 0 aliphatic carbocycles. The van der Waals surface area contributed by atoms with E-state index in [1.165, 1.54) is 11.8 Å². The van der Waals surface area contributed by atoms with Crippen molar-refractivity contribution in [3.8, 4) is 0 Å². The fourth-order valence-electron chi connectivity index (χ4n) is 1.52. The first-order valence-electron chi connectivity index (χ1n) is 5.77. The number of carbonyl (C=O) groups is 1. The molecule has 0 aromatic carbocycles. The Bertz CT molecular complexity index is 479. The predicted octanol–water partition coefficient (Wildman–Crippen LogP) is 0.640. The van der Waals surface area contributed by atoms with Crippen molar-refractivity contribution in [2.75, 3.05) is 13.7 Å². The van der Waals surface area contributed by atoms with E-state index in [0.717, 1.165) is 0 Å². The van der Waals surface area contributed by atoms with Gasteiger partial charge in [-0.25, -0.2) is 4.68 Å². The van der Waals surface area contributed by atoms with Gasteiger partial charge in [-0.1, -0.05) is 13.8 Å². The third kappa shape index (κ3) is 3.66. The maximum atomic E-state index is 12.0. The minimum Gasteiger partial charge on any atom is -0.481 e. The molecule has 6 heteroatoms. The fourth-order valence-corrected chi connectivity index (χ4v) is 1.52. The summed E-state index contributed by atoms with van der Waals surface area (Å²) in [6, 6.07) is 1.57. The highest BCUT2D eigenvalue weighted by molar-refractivity contribution is 5.70. The van der Waals surface area contributed by atoms with E-state index in [0.29, 0.717) is 18.8 Å². The zero-order valence-electron chi connectivity index (χ0n) is 10.8. The van der Waals surface area contributed by atoms with Crippen LogP contribution in [-0.4, -0.2) is 34.6 Å². The minimum absolute atomic E-state index is 0.131. The minimum atomic E-state index is -1.02. The topological polar surface area (TPSA) is 81.4 Å². The molecular formula is C12H18N2O4. The molecule has 0 bridgehead atoms. The lowest BCUT2D eigenvalue weighted by Gasteiger charge is -2.11. The summed E-state index contributed by atoms with van der Waals surface area (Å²) in [6.07, 6.45) is -0.284. The molecule has 0 unspecified atom stereocenters. The van der Waals surface area contributed by atoms with Gasteiger partial charge in [0, 0.05) is 12.7 Å². The molecule has 18 heavy (non-hydrogen) atoms. The van der Waals surface area contributed by atoms with Crippen LogP contribution in [0.5, 0.6) is 0 Å². The Morgan fingerprint density at radius 2 is 2.22 bits per heavy atom. The van der Waals surface area contributed by atoms with Gasteiger partial charge in [0.2, 0.25) is 0 Å². The molecule has 0 radical (unpaired) electrons. The van der Waals surface area contributed by atoms with Crippen LogP contribution in [0.2, 0.25) is 0 Å². The van der Waals surface area contributed by atoms with Gasteiger partial charge in [0.25, 0.3) is 5.56 Å². The second-order valence-corrected chi connectivity index (χ2v) is 4.34. The van der Waals surface area contributed by atoms with Crippen LogP contribution >= 0.6 is 0 Å². The number of hydrogen-bond donors (Lipinski definition) is 1. The molecule has 1 aromatic heterocycles. The maximum absolute atomic E-state index is 12.0. The average Bonchev–Trinajstić information content (AvgIpc) is 2.29. The highest BCUT2D eigenvalue weighted by Gasteiger charge is 2.13. The third-order valence-corrected chi connectivity index (χ3v) is 2.51. The smallest absolute Gasteiger partial charge is 0.308 e. The van der Waals surface area contributed by atoms with E-state index in [1.54, 1.807) is 6.07 Å². The molecule has 0 fully saturated rings. The Balaban J connectivity index is 3.19. The van der Waals surface area contributed by atoms with Crippen molar-refractivity contribution in [1.82, 2.24) is 9.78 Å². The van der Waals surface area contributed by atoms with Crippen molar-refractivity contribution >= 4 is 5.97 Å². The van der Waals surface area contributed by atoms with Gasteiger partial charge in [0.05, 0.1) is 25.3 Å². The van der Waals surface area contributed by atoms with Gasteiger partial charge in [-0.3, -0.25) is 9.59 Å². The quantitative estimate of drug-likeness (QED) is 0.805. The van der Waals surface area contributed by atoms with Gasteiger partial charge in [-0.2, -0.15) is 5.10 Å². The predicted molar refractivity (Wildman–Crippen MR) is 65.8 cm³/mol. The Kier molecular flexibility index (Phi) is 5.03. The second-order valence-electron chi connectivity index (χ2n) is 4.34. The van der Waals surface area contributed by atoms with Crippen molar-refractivity contribution in [3.05, 3.63) is 27.7 Å². The monoisotopic (exact) mass is 254 g/mol. The Labute approximate surface area is 105 Å². The van der Waals surface area contributed by atoms with Crippen LogP contribution in [0.3, 0.4) is 0 Å². The molecule has 100 valence electrons. The molecule has 0 aliphatic heterocycles. The first-order valence-corrected chi connectivity index (χ1v) is 5.77. The molecule has 1 aromatic rings.